The van der Waals surface area contributed by atoms with E-state index in [1.807, 2.05) is 0 Å². The summed E-state index contributed by atoms with van der Waals surface area (Å²) in [5, 5.41) is 13.1. The minimum absolute atomic E-state index is 0.301. The summed E-state index contributed by atoms with van der Waals surface area (Å²) in [4.78, 5) is 11.2. The number of nitrogens with one attached hydrogen (secondary N) is 1. The zero-order chi connectivity index (χ0) is 13.4. The summed E-state index contributed by atoms with van der Waals surface area (Å²) in [7, 11) is 0. The van der Waals surface area contributed by atoms with Gasteiger partial charge in [0.15, 0.2) is 0 Å². The molecule has 0 aromatic heterocycles. The normalized spacial score (nSPS) is 18.6. The van der Waals surface area contributed by atoms with Crippen LogP contribution in [0.25, 0.3) is 0 Å². The summed E-state index contributed by atoms with van der Waals surface area (Å²) in [6, 6.07) is 4.90. The van der Waals surface area contributed by atoms with Gasteiger partial charge >= 0.3 is 5.97 Å². The summed E-state index contributed by atoms with van der Waals surface area (Å²) in [6.07, 6.45) is 5.35. The van der Waals surface area contributed by atoms with Gasteiger partial charge in [-0.25, -0.2) is 4.79 Å². The van der Waals surface area contributed by atoms with Crippen LogP contribution in [0.4, 0.5) is 5.69 Å². The second-order valence-electron chi connectivity index (χ2n) is 5.71. The quantitative estimate of drug-likeness (QED) is 0.831. The first-order valence-corrected chi connectivity index (χ1v) is 7.29. The molecule has 0 unspecified atom stereocenters. The molecular formula is C15H18ClNO2. The van der Waals surface area contributed by atoms with Crippen LogP contribution < -0.4 is 5.32 Å². The fourth-order valence-corrected chi connectivity index (χ4v) is 3.02. The van der Waals surface area contributed by atoms with Crippen molar-refractivity contribution in [3.8, 4) is 0 Å². The Balaban J connectivity index is 1.71. The summed E-state index contributed by atoms with van der Waals surface area (Å²) in [6.45, 7) is 0.871. The maximum absolute atomic E-state index is 11.2. The molecule has 0 radical (unpaired) electrons. The molecule has 102 valence electrons. The SMILES string of the molecule is O=C(O)c1ccc(Cl)cc1NCC(C1CC1)C1CC1. The summed E-state index contributed by atoms with van der Waals surface area (Å²) in [5.74, 6) is 1.51. The molecule has 2 N–H and O–H groups in total. The van der Waals surface area contributed by atoms with E-state index in [2.05, 4.69) is 5.32 Å². The molecule has 0 saturated heterocycles. The van der Waals surface area contributed by atoms with Crippen LogP contribution in [-0.4, -0.2) is 17.6 Å². The molecule has 2 aliphatic rings. The monoisotopic (exact) mass is 279 g/mol. The first-order valence-electron chi connectivity index (χ1n) is 6.92. The average Bonchev–Trinajstić information content (AvgIpc) is 3.24. The van der Waals surface area contributed by atoms with Crippen molar-refractivity contribution < 1.29 is 9.90 Å². The van der Waals surface area contributed by atoms with Gasteiger partial charge in [0.05, 0.1) is 11.3 Å². The van der Waals surface area contributed by atoms with Gasteiger partial charge in [-0.1, -0.05) is 11.6 Å². The third-order valence-electron chi connectivity index (χ3n) is 4.20. The highest BCUT2D eigenvalue weighted by Gasteiger charge is 2.41. The van der Waals surface area contributed by atoms with E-state index in [4.69, 9.17) is 11.6 Å². The third kappa shape index (κ3) is 3.03. The highest BCUT2D eigenvalue weighted by Crippen LogP contribution is 2.49. The number of carboxylic acids is 1. The first-order chi connectivity index (χ1) is 9.15. The molecule has 4 heteroatoms. The predicted molar refractivity (Wildman–Crippen MR) is 75.8 cm³/mol. The Morgan fingerprint density at radius 1 is 1.32 bits per heavy atom. The van der Waals surface area contributed by atoms with Gasteiger partial charge < -0.3 is 10.4 Å². The number of rotatable bonds is 6. The molecule has 1 aromatic carbocycles. The van der Waals surface area contributed by atoms with Crippen molar-refractivity contribution in [1.29, 1.82) is 0 Å². The zero-order valence-corrected chi connectivity index (χ0v) is 11.5. The molecule has 3 nitrogen and oxygen atoms in total. The van der Waals surface area contributed by atoms with Crippen LogP contribution in [0.1, 0.15) is 36.0 Å². The second kappa shape index (κ2) is 5.04. The molecule has 2 saturated carbocycles. The first kappa shape index (κ1) is 12.8. The van der Waals surface area contributed by atoms with E-state index in [-0.39, 0.29) is 0 Å². The molecule has 0 amide bonds. The summed E-state index contributed by atoms with van der Waals surface area (Å²) in [5.41, 5.74) is 0.945. The van der Waals surface area contributed by atoms with Gasteiger partial charge in [-0.2, -0.15) is 0 Å². The van der Waals surface area contributed by atoms with Crippen molar-refractivity contribution in [2.75, 3.05) is 11.9 Å². The fourth-order valence-electron chi connectivity index (χ4n) is 2.84. The minimum atomic E-state index is -0.909. The lowest BCUT2D eigenvalue weighted by Gasteiger charge is -2.18. The van der Waals surface area contributed by atoms with Crippen LogP contribution >= 0.6 is 11.6 Å². The van der Waals surface area contributed by atoms with Crippen molar-refractivity contribution in [1.82, 2.24) is 0 Å². The van der Waals surface area contributed by atoms with E-state index in [9.17, 15) is 9.90 Å². The van der Waals surface area contributed by atoms with Crippen molar-refractivity contribution >= 4 is 23.3 Å². The van der Waals surface area contributed by atoms with E-state index in [0.29, 0.717) is 22.2 Å². The van der Waals surface area contributed by atoms with Gasteiger partial charge in [0.1, 0.15) is 0 Å². The maximum Gasteiger partial charge on any atom is 0.337 e. The fraction of sp³-hybridized carbons (Fsp3) is 0.533. The molecule has 0 bridgehead atoms. The Bertz CT molecular complexity index is 483. The van der Waals surface area contributed by atoms with Crippen molar-refractivity contribution in [3.05, 3.63) is 28.8 Å². The minimum Gasteiger partial charge on any atom is -0.478 e. The Morgan fingerprint density at radius 3 is 2.47 bits per heavy atom. The van der Waals surface area contributed by atoms with Crippen molar-refractivity contribution in [2.45, 2.75) is 25.7 Å². The average molecular weight is 280 g/mol. The van der Waals surface area contributed by atoms with Crippen LogP contribution in [0.2, 0.25) is 5.02 Å². The van der Waals surface area contributed by atoms with Gasteiger partial charge in [0.2, 0.25) is 0 Å². The van der Waals surface area contributed by atoms with E-state index in [1.165, 1.54) is 25.7 Å². The van der Waals surface area contributed by atoms with Gasteiger partial charge in [-0.3, -0.25) is 0 Å². The van der Waals surface area contributed by atoms with Crippen LogP contribution in [0.15, 0.2) is 18.2 Å². The summed E-state index contributed by atoms with van der Waals surface area (Å²) >= 11 is 5.95. The number of carbonyl (C=O) groups is 1. The van der Waals surface area contributed by atoms with E-state index < -0.39 is 5.97 Å². The number of halogens is 1. The predicted octanol–water partition coefficient (Wildman–Crippen LogP) is 3.89. The molecule has 3 rings (SSSR count). The molecule has 19 heavy (non-hydrogen) atoms. The molecule has 0 heterocycles. The van der Waals surface area contributed by atoms with Gasteiger partial charge in [-0.05, 0) is 61.6 Å². The van der Waals surface area contributed by atoms with Crippen LogP contribution in [0, 0.1) is 17.8 Å². The van der Waals surface area contributed by atoms with Gasteiger partial charge in [0, 0.05) is 11.6 Å². The van der Waals surface area contributed by atoms with Crippen LogP contribution in [0.5, 0.6) is 0 Å². The third-order valence-corrected chi connectivity index (χ3v) is 4.43. The molecule has 2 aliphatic carbocycles. The highest BCUT2D eigenvalue weighted by atomic mass is 35.5. The van der Waals surface area contributed by atoms with Crippen molar-refractivity contribution in [3.63, 3.8) is 0 Å². The van der Waals surface area contributed by atoms with Crippen molar-refractivity contribution in [2.24, 2.45) is 17.8 Å². The lowest BCUT2D eigenvalue weighted by Crippen LogP contribution is -2.19. The van der Waals surface area contributed by atoms with Crippen LogP contribution in [-0.2, 0) is 0 Å². The van der Waals surface area contributed by atoms with Gasteiger partial charge in [-0.15, -0.1) is 0 Å². The number of carboxylic acid groups (broad SMARTS) is 1. The topological polar surface area (TPSA) is 49.3 Å². The zero-order valence-electron chi connectivity index (χ0n) is 10.7. The Labute approximate surface area is 118 Å². The summed E-state index contributed by atoms with van der Waals surface area (Å²) < 4.78 is 0. The molecule has 1 aromatic rings. The van der Waals surface area contributed by atoms with E-state index in [0.717, 1.165) is 18.4 Å². The lowest BCUT2D eigenvalue weighted by molar-refractivity contribution is 0.0698. The largest absolute Gasteiger partial charge is 0.478 e. The number of hydrogen-bond donors (Lipinski definition) is 2. The Hall–Kier alpha value is -1.22. The molecule has 0 aliphatic heterocycles. The molecule has 0 spiro atoms. The standard InChI is InChI=1S/C15H18ClNO2/c16-11-5-6-12(15(18)19)14(7-11)17-8-13(9-1-2-9)10-3-4-10/h5-7,9-10,13,17H,1-4,8H2,(H,18,19). The van der Waals surface area contributed by atoms with Crippen LogP contribution in [0.3, 0.4) is 0 Å². The number of aromatic carboxylic acids is 1. The Morgan fingerprint density at radius 2 is 1.95 bits per heavy atom. The molecule has 2 fully saturated rings. The highest BCUT2D eigenvalue weighted by molar-refractivity contribution is 6.31. The van der Waals surface area contributed by atoms with Gasteiger partial charge in [0.25, 0.3) is 0 Å². The number of anilines is 1. The lowest BCUT2D eigenvalue weighted by atomic mass is 9.97. The molecule has 0 atom stereocenters. The Kier molecular flexibility index (Phi) is 3.40. The number of hydrogen-bond acceptors (Lipinski definition) is 2. The molecular weight excluding hydrogens is 262 g/mol. The van der Waals surface area contributed by atoms with E-state index in [1.54, 1.807) is 18.2 Å². The van der Waals surface area contributed by atoms with E-state index >= 15 is 0 Å². The number of benzene rings is 1. The maximum atomic E-state index is 11.2. The smallest absolute Gasteiger partial charge is 0.337 e. The second-order valence-corrected chi connectivity index (χ2v) is 6.15.